The average molecular weight is 298 g/mol. The van der Waals surface area contributed by atoms with Crippen LogP contribution in [0.5, 0.6) is 0 Å². The molecule has 78 valence electrons. The van der Waals surface area contributed by atoms with Gasteiger partial charge in [0.25, 0.3) is 0 Å². The highest BCUT2D eigenvalue weighted by Gasteiger charge is 2.19. The number of rotatable bonds is 4. The molecule has 0 heterocycles. The van der Waals surface area contributed by atoms with E-state index in [4.69, 9.17) is 0 Å². The van der Waals surface area contributed by atoms with Crippen LogP contribution >= 0.6 is 22.6 Å². The number of carboxylic acid groups (broad SMARTS) is 1. The van der Waals surface area contributed by atoms with Gasteiger partial charge in [0.2, 0.25) is 0 Å². The molecule has 0 aliphatic carbocycles. The normalized spacial score (nSPS) is 11.4. The number of nitrogens with zero attached hydrogens (tertiary/aromatic N) is 1. The van der Waals surface area contributed by atoms with Gasteiger partial charge in [-0.3, -0.25) is 0 Å². The molecule has 0 N–H and O–H groups in total. The van der Waals surface area contributed by atoms with E-state index >= 15 is 0 Å². The Hall–Kier alpha value is 0. The van der Waals surface area contributed by atoms with Crippen LogP contribution in [-0.4, -0.2) is 27.5 Å². The zero-order chi connectivity index (χ0) is 10.5. The van der Waals surface area contributed by atoms with E-state index in [1.54, 1.807) is 0 Å². The Morgan fingerprint density at radius 2 is 1.92 bits per heavy atom. The average Bonchev–Trinajstić information content (AvgIpc) is 1.94. The second-order valence-electron chi connectivity index (χ2n) is 3.98. The van der Waals surface area contributed by atoms with Crippen LogP contribution in [0.1, 0.15) is 33.6 Å². The molecule has 0 aromatic heterocycles. The van der Waals surface area contributed by atoms with Gasteiger partial charge in [0, 0.05) is 12.1 Å². The monoisotopic (exact) mass is 298 g/mol. The molecule has 1 amide bonds. The summed E-state index contributed by atoms with van der Waals surface area (Å²) in [5, 5.41) is 10.8. The summed E-state index contributed by atoms with van der Waals surface area (Å²) >= 11 is 2.29. The van der Waals surface area contributed by atoms with Crippen molar-refractivity contribution in [1.29, 1.82) is 0 Å². The van der Waals surface area contributed by atoms with Gasteiger partial charge in [0.15, 0.2) is 0 Å². The molecule has 0 rings (SSSR count). The van der Waals surface area contributed by atoms with Gasteiger partial charge in [-0.25, -0.2) is 0 Å². The van der Waals surface area contributed by atoms with E-state index in [1.807, 2.05) is 20.8 Å². The highest BCUT2D eigenvalue weighted by Crippen LogP contribution is 2.13. The van der Waals surface area contributed by atoms with Crippen molar-refractivity contribution in [2.45, 2.75) is 39.2 Å². The number of carbonyl (C=O) groups is 1. The molecule has 0 aromatic carbocycles. The van der Waals surface area contributed by atoms with E-state index in [0.29, 0.717) is 6.54 Å². The molecule has 3 nitrogen and oxygen atoms in total. The Balaban J connectivity index is 4.04. The molecule has 0 saturated heterocycles. The number of alkyl halides is 1. The van der Waals surface area contributed by atoms with E-state index < -0.39 is 6.09 Å². The lowest BCUT2D eigenvalue weighted by molar-refractivity contribution is -0.270. The topological polar surface area (TPSA) is 43.4 Å². The minimum atomic E-state index is -1.07. The van der Waals surface area contributed by atoms with Crippen molar-refractivity contribution < 1.29 is 9.90 Å². The number of unbranched alkanes of at least 4 members (excludes halogenated alkanes) is 1. The molecule has 0 aliphatic rings. The SMILES string of the molecule is CC(C)(C)N(CCCCI)C(=O)[O-]. The number of halogens is 1. The summed E-state index contributed by atoms with van der Waals surface area (Å²) in [6.07, 6.45) is 0.898. The first-order chi connectivity index (χ1) is 5.89. The molecule has 13 heavy (non-hydrogen) atoms. The molecule has 0 unspecified atom stereocenters. The first kappa shape index (κ1) is 13.0. The van der Waals surface area contributed by atoms with E-state index in [0.717, 1.165) is 17.3 Å². The zero-order valence-corrected chi connectivity index (χ0v) is 10.6. The second kappa shape index (κ2) is 5.67. The predicted octanol–water partition coefficient (Wildman–Crippen LogP) is 1.65. The van der Waals surface area contributed by atoms with Gasteiger partial charge >= 0.3 is 0 Å². The van der Waals surface area contributed by atoms with E-state index in [-0.39, 0.29) is 5.54 Å². The van der Waals surface area contributed by atoms with Gasteiger partial charge in [-0.05, 0) is 38.0 Å². The van der Waals surface area contributed by atoms with Crippen molar-refractivity contribution in [3.63, 3.8) is 0 Å². The third-order valence-electron chi connectivity index (χ3n) is 1.80. The van der Waals surface area contributed by atoms with Crippen molar-refractivity contribution in [2.24, 2.45) is 0 Å². The molecule has 0 aliphatic heterocycles. The maximum absolute atomic E-state index is 10.8. The Morgan fingerprint density at radius 3 is 2.23 bits per heavy atom. The van der Waals surface area contributed by atoms with Crippen molar-refractivity contribution in [3.05, 3.63) is 0 Å². The first-order valence-corrected chi connectivity index (χ1v) is 5.96. The molecule has 0 atom stereocenters. The van der Waals surface area contributed by atoms with Crippen LogP contribution in [0.3, 0.4) is 0 Å². The highest BCUT2D eigenvalue weighted by atomic mass is 127. The van der Waals surface area contributed by atoms with Gasteiger partial charge in [-0.1, -0.05) is 22.6 Å². The molecule has 4 heteroatoms. The maximum atomic E-state index is 10.8. The van der Waals surface area contributed by atoms with Gasteiger partial charge in [0.05, 0.1) is 0 Å². The van der Waals surface area contributed by atoms with Crippen LogP contribution in [0.15, 0.2) is 0 Å². The largest absolute Gasteiger partial charge is 0.530 e. The molecule has 0 aromatic rings. The predicted molar refractivity (Wildman–Crippen MR) is 60.0 cm³/mol. The molecular formula is C9H17INO2-. The number of amides is 1. The summed E-state index contributed by atoms with van der Waals surface area (Å²) in [7, 11) is 0. The standard InChI is InChI=1S/C9H18INO2/c1-9(2,3)11(8(12)13)7-5-4-6-10/h4-7H2,1-3H3,(H,12,13)/p-1. The Kier molecular flexibility index (Phi) is 5.67. The zero-order valence-electron chi connectivity index (χ0n) is 8.47. The summed E-state index contributed by atoms with van der Waals surface area (Å²) in [6.45, 7) is 6.22. The summed E-state index contributed by atoms with van der Waals surface area (Å²) in [6, 6.07) is 0. The van der Waals surface area contributed by atoms with E-state index in [2.05, 4.69) is 22.6 Å². The smallest absolute Gasteiger partial charge is 0.137 e. The third kappa shape index (κ3) is 5.33. The van der Waals surface area contributed by atoms with Crippen LogP contribution in [-0.2, 0) is 0 Å². The fourth-order valence-electron chi connectivity index (χ4n) is 1.06. The van der Waals surface area contributed by atoms with E-state index in [9.17, 15) is 9.90 Å². The van der Waals surface area contributed by atoms with Gasteiger partial charge in [-0.2, -0.15) is 0 Å². The minimum absolute atomic E-state index is 0.343. The first-order valence-electron chi connectivity index (χ1n) is 4.44. The van der Waals surface area contributed by atoms with Gasteiger partial charge < -0.3 is 14.8 Å². The Bertz CT molecular complexity index is 165. The fourth-order valence-corrected chi connectivity index (χ4v) is 1.60. The number of carbonyl (C=O) groups excluding carboxylic acids is 1. The molecular weight excluding hydrogens is 281 g/mol. The van der Waals surface area contributed by atoms with Crippen molar-refractivity contribution in [3.8, 4) is 0 Å². The lowest BCUT2D eigenvalue weighted by Gasteiger charge is -2.37. The second-order valence-corrected chi connectivity index (χ2v) is 5.06. The summed E-state index contributed by atoms with van der Waals surface area (Å²) in [4.78, 5) is 12.1. The summed E-state index contributed by atoms with van der Waals surface area (Å²) in [5.74, 6) is 0. The van der Waals surface area contributed by atoms with Crippen molar-refractivity contribution in [2.75, 3.05) is 11.0 Å². The van der Waals surface area contributed by atoms with Gasteiger partial charge in [-0.15, -0.1) is 0 Å². The minimum Gasteiger partial charge on any atom is -0.530 e. The lowest BCUT2D eigenvalue weighted by atomic mass is 10.1. The van der Waals surface area contributed by atoms with Crippen LogP contribution in [0, 0.1) is 0 Å². The van der Waals surface area contributed by atoms with Crippen LogP contribution in [0.2, 0.25) is 0 Å². The van der Waals surface area contributed by atoms with Crippen molar-refractivity contribution in [1.82, 2.24) is 4.90 Å². The Morgan fingerprint density at radius 1 is 1.38 bits per heavy atom. The lowest BCUT2D eigenvalue weighted by Crippen LogP contribution is -2.51. The van der Waals surface area contributed by atoms with Crippen LogP contribution < -0.4 is 5.11 Å². The third-order valence-corrected chi connectivity index (χ3v) is 2.56. The molecule has 0 saturated carbocycles. The number of hydrogen-bond donors (Lipinski definition) is 0. The quantitative estimate of drug-likeness (QED) is 0.450. The molecule has 0 fully saturated rings. The molecule has 0 spiro atoms. The Labute approximate surface area is 93.6 Å². The van der Waals surface area contributed by atoms with Crippen LogP contribution in [0.4, 0.5) is 4.79 Å². The fraction of sp³-hybridized carbons (Fsp3) is 0.889. The van der Waals surface area contributed by atoms with Gasteiger partial charge in [0.1, 0.15) is 6.09 Å². The molecule has 0 bridgehead atoms. The number of hydrogen-bond acceptors (Lipinski definition) is 2. The summed E-state index contributed by atoms with van der Waals surface area (Å²) in [5.41, 5.74) is -0.343. The maximum Gasteiger partial charge on any atom is 0.137 e. The highest BCUT2D eigenvalue weighted by molar-refractivity contribution is 14.1. The van der Waals surface area contributed by atoms with E-state index in [1.165, 1.54) is 4.90 Å². The van der Waals surface area contributed by atoms with Crippen LogP contribution in [0.25, 0.3) is 0 Å². The summed E-state index contributed by atoms with van der Waals surface area (Å²) < 4.78 is 1.07. The van der Waals surface area contributed by atoms with Crippen molar-refractivity contribution >= 4 is 28.7 Å². The molecule has 0 radical (unpaired) electrons.